The van der Waals surface area contributed by atoms with Gasteiger partial charge in [-0.05, 0) is 51.8 Å². The quantitative estimate of drug-likeness (QED) is 0.871. The van der Waals surface area contributed by atoms with Gasteiger partial charge in [0, 0.05) is 12.2 Å². The Morgan fingerprint density at radius 2 is 2.28 bits per heavy atom. The molecule has 0 spiro atoms. The van der Waals surface area contributed by atoms with E-state index >= 15 is 0 Å². The molecule has 2 heterocycles. The van der Waals surface area contributed by atoms with Gasteiger partial charge >= 0.3 is 0 Å². The number of hydrogen-bond acceptors (Lipinski definition) is 5. The van der Waals surface area contributed by atoms with E-state index in [-0.39, 0.29) is 18.1 Å². The number of aryl methyl sites for hydroxylation is 2. The molecule has 3 rings (SSSR count). The molecule has 2 atom stereocenters. The predicted octanol–water partition coefficient (Wildman–Crippen LogP) is 3.17. The van der Waals surface area contributed by atoms with Crippen LogP contribution >= 0.6 is 0 Å². The monoisotopic (exact) mass is 344 g/mol. The van der Waals surface area contributed by atoms with Crippen molar-refractivity contribution >= 4 is 5.91 Å². The summed E-state index contributed by atoms with van der Waals surface area (Å²) in [5.41, 5.74) is 2.32. The number of carbonyl (C=O) groups is 1. The Hall–Kier alpha value is -2.34. The molecule has 134 valence electrons. The van der Waals surface area contributed by atoms with Crippen LogP contribution in [0.2, 0.25) is 0 Å². The molecular formula is C19H24N2O4. The van der Waals surface area contributed by atoms with E-state index in [1.54, 1.807) is 12.1 Å². The number of aromatic nitrogens is 1. The first-order chi connectivity index (χ1) is 12.0. The lowest BCUT2D eigenvalue weighted by Gasteiger charge is -2.20. The fourth-order valence-corrected chi connectivity index (χ4v) is 2.97. The minimum atomic E-state index is -0.120. The molecule has 1 fully saturated rings. The Morgan fingerprint density at radius 3 is 2.96 bits per heavy atom. The van der Waals surface area contributed by atoms with Crippen molar-refractivity contribution in [3.05, 3.63) is 46.8 Å². The Balaban J connectivity index is 1.61. The van der Waals surface area contributed by atoms with Crippen LogP contribution in [0.3, 0.4) is 0 Å². The van der Waals surface area contributed by atoms with Crippen molar-refractivity contribution in [2.24, 2.45) is 0 Å². The molecule has 0 bridgehead atoms. The average Bonchev–Trinajstić information content (AvgIpc) is 3.24. The second kappa shape index (κ2) is 7.70. The largest absolute Gasteiger partial charge is 0.489 e. The third-order valence-corrected chi connectivity index (χ3v) is 4.54. The van der Waals surface area contributed by atoms with E-state index in [0.717, 1.165) is 36.5 Å². The highest BCUT2D eigenvalue weighted by atomic mass is 16.5. The summed E-state index contributed by atoms with van der Waals surface area (Å²) in [7, 11) is 0. The first-order valence-electron chi connectivity index (χ1n) is 8.61. The zero-order valence-electron chi connectivity index (χ0n) is 14.9. The normalized spacial score (nSPS) is 18.1. The summed E-state index contributed by atoms with van der Waals surface area (Å²) < 4.78 is 16.6. The van der Waals surface area contributed by atoms with Gasteiger partial charge in [-0.1, -0.05) is 11.2 Å². The number of nitrogens with zero attached hydrogens (tertiary/aromatic N) is 1. The highest BCUT2D eigenvalue weighted by Crippen LogP contribution is 2.19. The molecule has 6 nitrogen and oxygen atoms in total. The molecule has 6 heteroatoms. The number of benzene rings is 1. The number of nitrogens with one attached hydrogen (secondary N) is 1. The first-order valence-corrected chi connectivity index (χ1v) is 8.61. The van der Waals surface area contributed by atoms with Crippen LogP contribution in [-0.4, -0.2) is 29.8 Å². The van der Waals surface area contributed by atoms with Crippen LogP contribution in [0, 0.1) is 13.8 Å². The maximum Gasteiger partial charge on any atom is 0.251 e. The Morgan fingerprint density at radius 1 is 1.44 bits per heavy atom. The fourth-order valence-electron chi connectivity index (χ4n) is 2.97. The molecule has 0 saturated carbocycles. The second-order valence-electron chi connectivity index (χ2n) is 6.43. The maximum atomic E-state index is 12.5. The van der Waals surface area contributed by atoms with Crippen molar-refractivity contribution in [1.82, 2.24) is 10.5 Å². The Kier molecular flexibility index (Phi) is 5.38. The van der Waals surface area contributed by atoms with Crippen LogP contribution in [-0.2, 0) is 11.3 Å². The van der Waals surface area contributed by atoms with Crippen LogP contribution in [0.1, 0.15) is 47.1 Å². The van der Waals surface area contributed by atoms with Gasteiger partial charge in [0.05, 0.1) is 23.4 Å². The molecule has 1 saturated heterocycles. The van der Waals surface area contributed by atoms with E-state index in [2.05, 4.69) is 10.5 Å². The summed E-state index contributed by atoms with van der Waals surface area (Å²) in [5, 5.41) is 6.92. The van der Waals surface area contributed by atoms with Crippen LogP contribution in [0.25, 0.3) is 0 Å². The summed E-state index contributed by atoms with van der Waals surface area (Å²) in [6.07, 6.45) is 2.14. The summed E-state index contributed by atoms with van der Waals surface area (Å²) in [4.78, 5) is 12.5. The lowest BCUT2D eigenvalue weighted by molar-refractivity contribution is 0.0712. The summed E-state index contributed by atoms with van der Waals surface area (Å²) in [6, 6.07) is 7.16. The van der Waals surface area contributed by atoms with E-state index < -0.39 is 0 Å². The molecule has 1 aliphatic rings. The van der Waals surface area contributed by atoms with Gasteiger partial charge in [0.15, 0.2) is 0 Å². The van der Waals surface area contributed by atoms with Gasteiger partial charge in [-0.15, -0.1) is 0 Å². The number of rotatable bonds is 6. The standard InChI is InChI=1S/C19H24N2O4/c1-12-17(14(3)25-21-12)11-24-16-7-4-6-15(10-16)19(22)20-13(2)18-8-5-9-23-18/h4,6-7,10,13,18H,5,8-9,11H2,1-3H3,(H,20,22)/t13-,18+/m0/s1. The number of hydrogen-bond donors (Lipinski definition) is 1. The SMILES string of the molecule is Cc1noc(C)c1COc1cccc(C(=O)N[C@@H](C)[C@H]2CCCO2)c1. The lowest BCUT2D eigenvalue weighted by Crippen LogP contribution is -2.40. The van der Waals surface area contributed by atoms with E-state index in [4.69, 9.17) is 14.0 Å². The molecule has 1 N–H and O–H groups in total. The van der Waals surface area contributed by atoms with Crippen molar-refractivity contribution < 1.29 is 18.8 Å². The van der Waals surface area contributed by atoms with Crippen LogP contribution < -0.4 is 10.1 Å². The van der Waals surface area contributed by atoms with E-state index in [1.165, 1.54) is 0 Å². The molecule has 1 amide bonds. The second-order valence-corrected chi connectivity index (χ2v) is 6.43. The number of amides is 1. The number of carbonyl (C=O) groups excluding carboxylic acids is 1. The minimum Gasteiger partial charge on any atom is -0.489 e. The van der Waals surface area contributed by atoms with Crippen LogP contribution in [0.5, 0.6) is 5.75 Å². The van der Waals surface area contributed by atoms with Gasteiger partial charge in [-0.2, -0.15) is 0 Å². The van der Waals surface area contributed by atoms with Crippen molar-refractivity contribution in [2.75, 3.05) is 6.61 Å². The molecule has 2 aromatic rings. The highest BCUT2D eigenvalue weighted by Gasteiger charge is 2.24. The third-order valence-electron chi connectivity index (χ3n) is 4.54. The smallest absolute Gasteiger partial charge is 0.251 e. The Labute approximate surface area is 147 Å². The summed E-state index contributed by atoms with van der Waals surface area (Å²) >= 11 is 0. The lowest BCUT2D eigenvalue weighted by atomic mass is 10.1. The average molecular weight is 344 g/mol. The molecule has 0 aliphatic carbocycles. The zero-order chi connectivity index (χ0) is 17.8. The van der Waals surface area contributed by atoms with Gasteiger partial charge in [0.1, 0.15) is 18.1 Å². The molecular weight excluding hydrogens is 320 g/mol. The Bertz CT molecular complexity index is 715. The van der Waals surface area contributed by atoms with Crippen LogP contribution in [0.15, 0.2) is 28.8 Å². The van der Waals surface area contributed by atoms with E-state index in [1.807, 2.05) is 32.9 Å². The number of ether oxygens (including phenoxy) is 2. The zero-order valence-corrected chi connectivity index (χ0v) is 14.9. The van der Waals surface area contributed by atoms with Gasteiger partial charge in [-0.3, -0.25) is 4.79 Å². The van der Waals surface area contributed by atoms with Crippen LogP contribution in [0.4, 0.5) is 0 Å². The molecule has 1 aliphatic heterocycles. The van der Waals surface area contributed by atoms with E-state index in [9.17, 15) is 4.79 Å². The minimum absolute atomic E-state index is 0.0121. The molecule has 0 unspecified atom stereocenters. The van der Waals surface area contributed by atoms with Gasteiger partial charge < -0.3 is 19.3 Å². The van der Waals surface area contributed by atoms with Gasteiger partial charge in [-0.25, -0.2) is 0 Å². The fraction of sp³-hybridized carbons (Fsp3) is 0.474. The molecule has 1 aromatic carbocycles. The topological polar surface area (TPSA) is 73.6 Å². The third kappa shape index (κ3) is 4.20. The highest BCUT2D eigenvalue weighted by molar-refractivity contribution is 5.94. The first kappa shape index (κ1) is 17.5. The predicted molar refractivity (Wildman–Crippen MR) is 92.7 cm³/mol. The summed E-state index contributed by atoms with van der Waals surface area (Å²) in [5.74, 6) is 1.26. The molecule has 25 heavy (non-hydrogen) atoms. The van der Waals surface area contributed by atoms with Crippen molar-refractivity contribution in [3.8, 4) is 5.75 Å². The van der Waals surface area contributed by atoms with Crippen molar-refractivity contribution in [2.45, 2.75) is 52.4 Å². The van der Waals surface area contributed by atoms with Gasteiger partial charge in [0.25, 0.3) is 5.91 Å². The van der Waals surface area contributed by atoms with Gasteiger partial charge in [0.2, 0.25) is 0 Å². The molecule has 1 aromatic heterocycles. The van der Waals surface area contributed by atoms with E-state index in [0.29, 0.717) is 17.9 Å². The molecule has 0 radical (unpaired) electrons. The maximum absolute atomic E-state index is 12.5. The van der Waals surface area contributed by atoms with Crippen molar-refractivity contribution in [3.63, 3.8) is 0 Å². The van der Waals surface area contributed by atoms with Crippen molar-refractivity contribution in [1.29, 1.82) is 0 Å². The summed E-state index contributed by atoms with van der Waals surface area (Å²) in [6.45, 7) is 6.85.